The lowest BCUT2D eigenvalue weighted by atomic mass is 9.83. The Labute approximate surface area is 187 Å². The molecule has 158 valence electrons. The molecule has 0 amide bonds. The summed E-state index contributed by atoms with van der Waals surface area (Å²) in [6, 6.07) is 19.0. The molecule has 0 aromatic heterocycles. The van der Waals surface area contributed by atoms with Crippen molar-refractivity contribution in [2.75, 3.05) is 0 Å². The van der Waals surface area contributed by atoms with Crippen LogP contribution in [0, 0.1) is 21.4 Å². The van der Waals surface area contributed by atoms with Crippen LogP contribution in [0.1, 0.15) is 27.4 Å². The summed E-state index contributed by atoms with van der Waals surface area (Å²) in [6.45, 7) is 0. The Kier molecular flexibility index (Phi) is 5.50. The summed E-state index contributed by atoms with van der Waals surface area (Å²) in [5.41, 5.74) is 7.56. The van der Waals surface area contributed by atoms with E-state index in [1.165, 1.54) is 30.3 Å². The average Bonchev–Trinajstić information content (AvgIpc) is 2.78. The largest absolute Gasteiger partial charge is 0.440 e. The zero-order valence-corrected chi connectivity index (χ0v) is 17.1. The van der Waals surface area contributed by atoms with Crippen molar-refractivity contribution < 1.29 is 19.2 Å². The SMILES string of the molecule is N#CC1=C(N)Oc2cc(OC(=O)c3ccc([N+](=O)[O-])cc3)ccc2C1c1ccccc1Cl. The molecule has 1 aliphatic heterocycles. The summed E-state index contributed by atoms with van der Waals surface area (Å²) in [6.07, 6.45) is 0. The van der Waals surface area contributed by atoms with Crippen molar-refractivity contribution in [3.8, 4) is 17.6 Å². The van der Waals surface area contributed by atoms with Gasteiger partial charge in [-0.15, -0.1) is 0 Å². The van der Waals surface area contributed by atoms with Gasteiger partial charge in [0.25, 0.3) is 5.69 Å². The lowest BCUT2D eigenvalue weighted by molar-refractivity contribution is -0.384. The molecule has 1 unspecified atom stereocenters. The maximum Gasteiger partial charge on any atom is 0.343 e. The molecule has 3 aromatic rings. The number of ether oxygens (including phenoxy) is 2. The van der Waals surface area contributed by atoms with Gasteiger partial charge in [-0.2, -0.15) is 5.26 Å². The van der Waals surface area contributed by atoms with Gasteiger partial charge in [-0.25, -0.2) is 4.79 Å². The Morgan fingerprint density at radius 3 is 2.50 bits per heavy atom. The molecule has 9 heteroatoms. The number of carbonyl (C=O) groups is 1. The van der Waals surface area contributed by atoms with Gasteiger partial charge in [-0.05, 0) is 29.8 Å². The maximum absolute atomic E-state index is 12.4. The van der Waals surface area contributed by atoms with E-state index in [1.54, 1.807) is 30.3 Å². The summed E-state index contributed by atoms with van der Waals surface area (Å²) in [5.74, 6) is -0.807. The number of rotatable bonds is 4. The molecule has 0 saturated carbocycles. The van der Waals surface area contributed by atoms with E-state index in [0.29, 0.717) is 21.9 Å². The molecular weight excluding hydrogens is 434 g/mol. The van der Waals surface area contributed by atoms with Crippen LogP contribution in [0.4, 0.5) is 5.69 Å². The number of non-ortho nitro benzene ring substituents is 1. The summed E-state index contributed by atoms with van der Waals surface area (Å²) in [5, 5.41) is 20.9. The monoisotopic (exact) mass is 447 g/mol. The summed E-state index contributed by atoms with van der Waals surface area (Å²) >= 11 is 6.37. The number of nitro groups is 1. The van der Waals surface area contributed by atoms with Gasteiger partial charge in [-0.3, -0.25) is 10.1 Å². The fourth-order valence-electron chi connectivity index (χ4n) is 3.41. The summed E-state index contributed by atoms with van der Waals surface area (Å²) < 4.78 is 11.0. The fourth-order valence-corrected chi connectivity index (χ4v) is 3.66. The molecule has 0 radical (unpaired) electrons. The number of carbonyl (C=O) groups excluding carboxylic acids is 1. The topological polar surface area (TPSA) is 128 Å². The molecule has 2 N–H and O–H groups in total. The summed E-state index contributed by atoms with van der Waals surface area (Å²) in [4.78, 5) is 22.6. The Bertz CT molecular complexity index is 1310. The molecule has 1 heterocycles. The first-order valence-electron chi connectivity index (χ1n) is 9.31. The van der Waals surface area contributed by atoms with E-state index in [-0.39, 0.29) is 28.5 Å². The second-order valence-electron chi connectivity index (χ2n) is 6.84. The van der Waals surface area contributed by atoms with Crippen molar-refractivity contribution in [2.24, 2.45) is 5.73 Å². The van der Waals surface area contributed by atoms with Gasteiger partial charge in [0.05, 0.1) is 16.4 Å². The van der Waals surface area contributed by atoms with Gasteiger partial charge >= 0.3 is 5.97 Å². The third kappa shape index (κ3) is 3.85. The first-order valence-corrected chi connectivity index (χ1v) is 9.69. The van der Waals surface area contributed by atoms with Gasteiger partial charge < -0.3 is 15.2 Å². The predicted octanol–water partition coefficient (Wildman–Crippen LogP) is 4.69. The highest BCUT2D eigenvalue weighted by atomic mass is 35.5. The molecule has 3 aromatic carbocycles. The molecule has 1 atom stereocenters. The van der Waals surface area contributed by atoms with E-state index in [4.69, 9.17) is 26.8 Å². The molecular formula is C23H14ClN3O5. The smallest absolute Gasteiger partial charge is 0.343 e. The molecule has 4 rings (SSSR count). The van der Waals surface area contributed by atoms with Crippen molar-refractivity contribution in [3.05, 3.63) is 110 Å². The number of nitro benzene ring substituents is 1. The van der Waals surface area contributed by atoms with E-state index in [0.717, 1.165) is 0 Å². The van der Waals surface area contributed by atoms with Crippen molar-refractivity contribution in [2.45, 2.75) is 5.92 Å². The lowest BCUT2D eigenvalue weighted by Crippen LogP contribution is -2.21. The Balaban J connectivity index is 1.66. The fraction of sp³-hybridized carbons (Fsp3) is 0.0435. The van der Waals surface area contributed by atoms with Gasteiger partial charge in [0.1, 0.15) is 23.1 Å². The molecule has 0 saturated heterocycles. The van der Waals surface area contributed by atoms with Crippen LogP contribution in [0.3, 0.4) is 0 Å². The van der Waals surface area contributed by atoms with Crippen molar-refractivity contribution in [1.29, 1.82) is 5.26 Å². The van der Waals surface area contributed by atoms with Gasteiger partial charge in [-0.1, -0.05) is 35.9 Å². The van der Waals surface area contributed by atoms with Crippen LogP contribution >= 0.6 is 11.6 Å². The molecule has 0 bridgehead atoms. The maximum atomic E-state index is 12.4. The van der Waals surface area contributed by atoms with E-state index in [1.807, 2.05) is 6.07 Å². The molecule has 32 heavy (non-hydrogen) atoms. The molecule has 0 aliphatic carbocycles. The number of hydrogen-bond donors (Lipinski definition) is 1. The van der Waals surface area contributed by atoms with E-state index in [9.17, 15) is 20.2 Å². The van der Waals surface area contributed by atoms with Crippen LogP contribution in [0.25, 0.3) is 0 Å². The van der Waals surface area contributed by atoms with Crippen LogP contribution in [0.5, 0.6) is 11.5 Å². The highest BCUT2D eigenvalue weighted by molar-refractivity contribution is 6.31. The molecule has 8 nitrogen and oxygen atoms in total. The van der Waals surface area contributed by atoms with E-state index < -0.39 is 16.8 Å². The first-order chi connectivity index (χ1) is 15.4. The van der Waals surface area contributed by atoms with E-state index >= 15 is 0 Å². The number of halogens is 1. The number of benzene rings is 3. The van der Waals surface area contributed by atoms with Crippen LogP contribution < -0.4 is 15.2 Å². The van der Waals surface area contributed by atoms with Crippen LogP contribution in [-0.4, -0.2) is 10.9 Å². The highest BCUT2D eigenvalue weighted by Crippen LogP contribution is 2.45. The zero-order valence-electron chi connectivity index (χ0n) is 16.3. The second-order valence-corrected chi connectivity index (χ2v) is 7.25. The van der Waals surface area contributed by atoms with Gasteiger partial charge in [0.2, 0.25) is 5.88 Å². The van der Waals surface area contributed by atoms with Crippen LogP contribution in [0.2, 0.25) is 5.02 Å². The number of fused-ring (bicyclic) bond motifs is 1. The molecule has 1 aliphatic rings. The Morgan fingerprint density at radius 2 is 1.84 bits per heavy atom. The number of nitriles is 1. The first kappa shape index (κ1) is 20.9. The van der Waals surface area contributed by atoms with Gasteiger partial charge in [0, 0.05) is 28.8 Å². The van der Waals surface area contributed by atoms with Gasteiger partial charge in [0.15, 0.2) is 0 Å². The Morgan fingerprint density at radius 1 is 1.12 bits per heavy atom. The number of hydrogen-bond acceptors (Lipinski definition) is 7. The number of nitrogens with zero attached hydrogens (tertiary/aromatic N) is 2. The predicted molar refractivity (Wildman–Crippen MR) is 115 cm³/mol. The van der Waals surface area contributed by atoms with Crippen molar-refractivity contribution in [3.63, 3.8) is 0 Å². The number of allylic oxidation sites excluding steroid dienone is 1. The molecule has 0 fully saturated rings. The standard InChI is InChI=1S/C23H14ClN3O5/c24-19-4-2-1-3-16(19)21-17-10-9-15(11-20(17)32-22(26)18(21)12-25)31-23(28)13-5-7-14(8-6-13)27(29)30/h1-11,21H,26H2. The van der Waals surface area contributed by atoms with E-state index in [2.05, 4.69) is 6.07 Å². The van der Waals surface area contributed by atoms with Crippen LogP contribution in [-0.2, 0) is 0 Å². The normalized spacial score (nSPS) is 14.7. The van der Waals surface area contributed by atoms with Crippen molar-refractivity contribution in [1.82, 2.24) is 0 Å². The lowest BCUT2D eigenvalue weighted by Gasteiger charge is -2.27. The van der Waals surface area contributed by atoms with Crippen LogP contribution in [0.15, 0.2) is 78.2 Å². The molecule has 0 spiro atoms. The van der Waals surface area contributed by atoms with Crippen molar-refractivity contribution >= 4 is 23.3 Å². The summed E-state index contributed by atoms with van der Waals surface area (Å²) in [7, 11) is 0. The quantitative estimate of drug-likeness (QED) is 0.266. The minimum absolute atomic E-state index is 0.0660. The zero-order chi connectivity index (χ0) is 22.8. The average molecular weight is 448 g/mol. The minimum atomic E-state index is -0.695. The number of esters is 1. The number of nitrogens with two attached hydrogens (primary N) is 1. The minimum Gasteiger partial charge on any atom is -0.440 e. The second kappa shape index (κ2) is 8.41. The highest BCUT2D eigenvalue weighted by Gasteiger charge is 2.32. The third-order valence-corrected chi connectivity index (χ3v) is 5.28. The Hall–Kier alpha value is -4.35. The third-order valence-electron chi connectivity index (χ3n) is 4.93.